The zero-order valence-corrected chi connectivity index (χ0v) is 15.4. The van der Waals surface area contributed by atoms with Crippen LogP contribution in [0.1, 0.15) is 38.8 Å². The summed E-state index contributed by atoms with van der Waals surface area (Å²) in [5.41, 5.74) is 1.44. The van der Waals surface area contributed by atoms with Crippen LogP contribution < -0.4 is 9.16 Å². The van der Waals surface area contributed by atoms with Crippen molar-refractivity contribution in [3.63, 3.8) is 0 Å². The van der Waals surface area contributed by atoms with E-state index in [1.54, 1.807) is 12.2 Å². The van der Waals surface area contributed by atoms with Crippen molar-refractivity contribution in [1.29, 1.82) is 0 Å². The first-order valence-electron chi connectivity index (χ1n) is 7.33. The van der Waals surface area contributed by atoms with Crippen molar-refractivity contribution in [2.24, 2.45) is 0 Å². The molecule has 0 aliphatic carbocycles. The Morgan fingerprint density at radius 1 is 1.18 bits per heavy atom. The highest BCUT2D eigenvalue weighted by Crippen LogP contribution is 2.41. The molecule has 0 aliphatic heterocycles. The molecule has 1 aromatic rings. The van der Waals surface area contributed by atoms with E-state index in [1.807, 2.05) is 12.1 Å². The highest BCUT2D eigenvalue weighted by Gasteiger charge is 2.39. The first-order chi connectivity index (χ1) is 10.0. The van der Waals surface area contributed by atoms with E-state index in [1.165, 1.54) is 6.92 Å². The van der Waals surface area contributed by atoms with E-state index < -0.39 is 8.32 Å². The van der Waals surface area contributed by atoms with Gasteiger partial charge in [-0.25, -0.2) is 0 Å². The molecule has 0 saturated carbocycles. The zero-order chi connectivity index (χ0) is 17.1. The lowest BCUT2D eigenvalue weighted by Crippen LogP contribution is -2.44. The van der Waals surface area contributed by atoms with Crippen molar-refractivity contribution < 1.29 is 14.0 Å². The Morgan fingerprint density at radius 3 is 2.18 bits per heavy atom. The Bertz CT molecular complexity index is 595. The van der Waals surface area contributed by atoms with Crippen molar-refractivity contribution in [3.05, 3.63) is 36.4 Å². The highest BCUT2D eigenvalue weighted by atomic mass is 28.4. The number of carbonyl (C=O) groups excluding carboxylic acids is 1. The molecule has 120 valence electrons. The summed E-state index contributed by atoms with van der Waals surface area (Å²) in [6.45, 7) is 19.9. The van der Waals surface area contributed by atoms with Gasteiger partial charge in [0.05, 0.1) is 5.56 Å². The van der Waals surface area contributed by atoms with Crippen LogP contribution in [-0.2, 0) is 4.79 Å². The second-order valence-electron chi connectivity index (χ2n) is 6.76. The molecule has 0 N–H and O–H groups in total. The van der Waals surface area contributed by atoms with Crippen LogP contribution in [0.5, 0.6) is 11.5 Å². The summed E-state index contributed by atoms with van der Waals surface area (Å²) in [6.07, 6.45) is 3.31. The van der Waals surface area contributed by atoms with Crippen LogP contribution in [-0.4, -0.2) is 14.3 Å². The Hall–Kier alpha value is -1.81. The number of benzene rings is 1. The molecule has 0 fully saturated rings. The third-order valence-electron chi connectivity index (χ3n) is 4.03. The predicted molar refractivity (Wildman–Crippen MR) is 95.8 cm³/mol. The van der Waals surface area contributed by atoms with Gasteiger partial charge < -0.3 is 9.16 Å². The van der Waals surface area contributed by atoms with E-state index in [-0.39, 0.29) is 11.0 Å². The topological polar surface area (TPSA) is 35.5 Å². The molecule has 22 heavy (non-hydrogen) atoms. The maximum absolute atomic E-state index is 11.4. The molecular formula is C18H26O3Si. The molecule has 0 saturated heterocycles. The van der Waals surface area contributed by atoms with E-state index in [2.05, 4.69) is 47.0 Å². The average Bonchev–Trinajstić information content (AvgIpc) is 2.36. The summed E-state index contributed by atoms with van der Waals surface area (Å²) in [4.78, 5) is 11.4. The third-order valence-corrected chi connectivity index (χ3v) is 8.37. The lowest BCUT2D eigenvalue weighted by molar-refractivity contribution is -0.131. The highest BCUT2D eigenvalue weighted by molar-refractivity contribution is 6.74. The van der Waals surface area contributed by atoms with E-state index in [0.717, 1.165) is 5.56 Å². The van der Waals surface area contributed by atoms with Gasteiger partial charge >= 0.3 is 5.97 Å². The minimum Gasteiger partial charge on any atom is -0.543 e. The molecule has 1 aromatic carbocycles. The lowest BCUT2D eigenvalue weighted by Gasteiger charge is -2.37. The smallest absolute Gasteiger partial charge is 0.308 e. The fourth-order valence-corrected chi connectivity index (χ4v) is 2.76. The van der Waals surface area contributed by atoms with Crippen molar-refractivity contribution in [2.75, 3.05) is 0 Å². The normalized spacial score (nSPS) is 11.7. The summed E-state index contributed by atoms with van der Waals surface area (Å²) >= 11 is 0. The van der Waals surface area contributed by atoms with E-state index in [0.29, 0.717) is 17.1 Å². The SMILES string of the molecule is C=Cc1ccc(O[Si](C)(C)C(C)(C)C)c(C=C)c1OC(C)=O. The fraction of sp³-hybridized carbons (Fsp3) is 0.389. The molecule has 0 aromatic heterocycles. The van der Waals surface area contributed by atoms with Crippen LogP contribution in [0.25, 0.3) is 12.2 Å². The maximum Gasteiger partial charge on any atom is 0.308 e. The Morgan fingerprint density at radius 2 is 1.77 bits per heavy atom. The number of rotatable bonds is 5. The van der Waals surface area contributed by atoms with Crippen LogP contribution in [0.2, 0.25) is 18.1 Å². The van der Waals surface area contributed by atoms with Gasteiger partial charge in [0.2, 0.25) is 0 Å². The van der Waals surface area contributed by atoms with Crippen molar-refractivity contribution in [1.82, 2.24) is 0 Å². The van der Waals surface area contributed by atoms with Crippen LogP contribution in [0.3, 0.4) is 0 Å². The van der Waals surface area contributed by atoms with Gasteiger partial charge in [0.15, 0.2) is 0 Å². The van der Waals surface area contributed by atoms with Gasteiger partial charge in [0.1, 0.15) is 11.5 Å². The van der Waals surface area contributed by atoms with Crippen LogP contribution in [0.15, 0.2) is 25.3 Å². The number of ether oxygens (including phenoxy) is 1. The summed E-state index contributed by atoms with van der Waals surface area (Å²) < 4.78 is 11.7. The quantitative estimate of drug-likeness (QED) is 0.421. The Labute approximate surface area is 134 Å². The summed E-state index contributed by atoms with van der Waals surface area (Å²) in [7, 11) is -2.00. The molecule has 0 amide bonds. The largest absolute Gasteiger partial charge is 0.543 e. The fourth-order valence-electron chi connectivity index (χ4n) is 1.73. The van der Waals surface area contributed by atoms with Gasteiger partial charge in [-0.15, -0.1) is 0 Å². The number of hydrogen-bond donors (Lipinski definition) is 0. The van der Waals surface area contributed by atoms with Crippen LogP contribution in [0, 0.1) is 0 Å². The maximum atomic E-state index is 11.4. The van der Waals surface area contributed by atoms with Crippen molar-refractivity contribution in [3.8, 4) is 11.5 Å². The lowest BCUT2D eigenvalue weighted by atomic mass is 10.1. The summed E-state index contributed by atoms with van der Waals surface area (Å²) in [5, 5.41) is 0.0736. The van der Waals surface area contributed by atoms with E-state index in [9.17, 15) is 4.79 Å². The molecule has 3 nitrogen and oxygen atoms in total. The third kappa shape index (κ3) is 3.88. The Balaban J connectivity index is 3.41. The summed E-state index contributed by atoms with van der Waals surface area (Å²) in [6, 6.07) is 3.74. The predicted octanol–water partition coefficient (Wildman–Crippen LogP) is 5.28. The van der Waals surface area contributed by atoms with Gasteiger partial charge in [-0.05, 0) is 30.3 Å². The molecule has 0 unspecified atom stereocenters. The van der Waals surface area contributed by atoms with Crippen LogP contribution >= 0.6 is 0 Å². The van der Waals surface area contributed by atoms with Gasteiger partial charge in [0.25, 0.3) is 8.32 Å². The minimum atomic E-state index is -2.00. The van der Waals surface area contributed by atoms with Gasteiger partial charge in [-0.1, -0.05) is 46.1 Å². The minimum absolute atomic E-state index is 0.0736. The Kier molecular flexibility index (Phi) is 5.41. The van der Waals surface area contributed by atoms with Crippen molar-refractivity contribution >= 4 is 26.4 Å². The van der Waals surface area contributed by atoms with E-state index in [4.69, 9.17) is 9.16 Å². The first-order valence-corrected chi connectivity index (χ1v) is 10.2. The average molecular weight is 318 g/mol. The standard InChI is InChI=1S/C18H26O3Si/c1-9-14-11-12-16(21-22(7,8)18(4,5)6)15(10-2)17(14)20-13(3)19/h9-12H,1-2H2,3-8H3. The number of esters is 1. The monoisotopic (exact) mass is 318 g/mol. The second-order valence-corrected chi connectivity index (χ2v) is 11.5. The molecule has 0 aliphatic rings. The van der Waals surface area contributed by atoms with E-state index >= 15 is 0 Å². The molecule has 0 spiro atoms. The molecule has 0 heterocycles. The molecule has 0 radical (unpaired) electrons. The zero-order valence-electron chi connectivity index (χ0n) is 14.4. The van der Waals surface area contributed by atoms with Gasteiger partial charge in [-0.2, -0.15) is 0 Å². The summed E-state index contributed by atoms with van der Waals surface area (Å²) in [5.74, 6) is 0.771. The van der Waals surface area contributed by atoms with Gasteiger partial charge in [-0.3, -0.25) is 4.79 Å². The molecule has 0 bridgehead atoms. The molecule has 1 rings (SSSR count). The second kappa shape index (κ2) is 6.52. The van der Waals surface area contributed by atoms with Gasteiger partial charge in [0, 0.05) is 12.5 Å². The molecule has 0 atom stereocenters. The van der Waals surface area contributed by atoms with Crippen LogP contribution in [0.4, 0.5) is 0 Å². The molecule has 4 heteroatoms. The molecular weight excluding hydrogens is 292 g/mol. The van der Waals surface area contributed by atoms with Crippen molar-refractivity contribution in [2.45, 2.75) is 45.8 Å². The number of hydrogen-bond acceptors (Lipinski definition) is 3. The number of carbonyl (C=O) groups is 1. The first kappa shape index (κ1) is 18.2.